The average Bonchev–Trinajstić information content (AvgIpc) is 1.97. The van der Waals surface area contributed by atoms with E-state index in [0.29, 0.717) is 12.8 Å². The highest BCUT2D eigenvalue weighted by molar-refractivity contribution is 8.06. The van der Waals surface area contributed by atoms with E-state index in [-0.39, 0.29) is 5.25 Å². The summed E-state index contributed by atoms with van der Waals surface area (Å²) in [5.41, 5.74) is 0. The summed E-state index contributed by atoms with van der Waals surface area (Å²) < 4.78 is 10.5. The highest BCUT2D eigenvalue weighted by Crippen LogP contribution is 2.61. The zero-order chi connectivity index (χ0) is 10.7. The lowest BCUT2D eigenvalue weighted by molar-refractivity contribution is 0.346. The summed E-state index contributed by atoms with van der Waals surface area (Å²) in [6.07, 6.45) is 1.02. The molecule has 0 aliphatic heterocycles. The summed E-state index contributed by atoms with van der Waals surface area (Å²) in [4.78, 5) is 18.5. The maximum atomic E-state index is 11.3. The van der Waals surface area contributed by atoms with Crippen molar-refractivity contribution < 1.29 is 14.4 Å². The Labute approximate surface area is 84.5 Å². The molecule has 13 heavy (non-hydrogen) atoms. The summed E-state index contributed by atoms with van der Waals surface area (Å²) >= 11 is 1.39. The summed E-state index contributed by atoms with van der Waals surface area (Å²) in [5, 5.41) is 0.243. The summed E-state index contributed by atoms with van der Waals surface area (Å²) in [6, 6.07) is 0. The second-order valence-corrected chi connectivity index (χ2v) is 7.57. The van der Waals surface area contributed by atoms with Crippen molar-refractivity contribution in [2.75, 3.05) is 0 Å². The minimum Gasteiger partial charge on any atom is -0.323 e. The van der Waals surface area contributed by atoms with Gasteiger partial charge in [0.05, 0.1) is 0 Å². The van der Waals surface area contributed by atoms with Gasteiger partial charge in [-0.15, -0.1) is 11.8 Å². The van der Waals surface area contributed by atoms with Crippen LogP contribution < -0.4 is 0 Å². The van der Waals surface area contributed by atoms with Crippen molar-refractivity contribution in [1.82, 2.24) is 0 Å². The summed E-state index contributed by atoms with van der Waals surface area (Å²) in [6.45, 7) is 7.58. The van der Waals surface area contributed by atoms with Crippen molar-refractivity contribution in [3.63, 3.8) is 0 Å². The largest absolute Gasteiger partial charge is 0.341 e. The quantitative estimate of drug-likeness (QED) is 0.708. The normalized spacial score (nSPS) is 13.8. The molecule has 0 bridgehead atoms. The Kier molecular flexibility index (Phi) is 5.02. The maximum absolute atomic E-state index is 11.3. The van der Waals surface area contributed by atoms with Crippen molar-refractivity contribution in [1.29, 1.82) is 0 Å². The molecular formula is C8H19O3PS. The summed E-state index contributed by atoms with van der Waals surface area (Å²) in [7, 11) is -4.00. The standard InChI is InChI=1S/C8H19O3PS/c1-5-8(6-2,12(9,10)11)13-7(3)4/h7H,5-6H2,1-4H3,(H2,9,10,11). The van der Waals surface area contributed by atoms with E-state index >= 15 is 0 Å². The Balaban J connectivity index is 4.82. The molecule has 0 aromatic heterocycles. The van der Waals surface area contributed by atoms with Crippen LogP contribution in [0.25, 0.3) is 0 Å². The third kappa shape index (κ3) is 3.28. The predicted molar refractivity (Wildman–Crippen MR) is 58.1 cm³/mol. The molecule has 0 amide bonds. The molecule has 0 aromatic rings. The molecule has 0 saturated carbocycles. The van der Waals surface area contributed by atoms with Gasteiger partial charge in [0.15, 0.2) is 0 Å². The van der Waals surface area contributed by atoms with Crippen LogP contribution in [0.1, 0.15) is 40.5 Å². The Morgan fingerprint density at radius 2 is 1.69 bits per heavy atom. The Bertz CT molecular complexity index is 196. The highest BCUT2D eigenvalue weighted by atomic mass is 32.2. The highest BCUT2D eigenvalue weighted by Gasteiger charge is 2.44. The van der Waals surface area contributed by atoms with Gasteiger partial charge in [-0.05, 0) is 12.8 Å². The van der Waals surface area contributed by atoms with Crippen LogP contribution in [0, 0.1) is 0 Å². The van der Waals surface area contributed by atoms with Gasteiger partial charge >= 0.3 is 7.60 Å². The minimum absolute atomic E-state index is 0.243. The number of hydrogen-bond donors (Lipinski definition) is 2. The van der Waals surface area contributed by atoms with Gasteiger partial charge in [0.25, 0.3) is 0 Å². The van der Waals surface area contributed by atoms with Crippen LogP contribution in [-0.2, 0) is 4.57 Å². The predicted octanol–water partition coefficient (Wildman–Crippen LogP) is 2.82. The Morgan fingerprint density at radius 1 is 1.31 bits per heavy atom. The fourth-order valence-electron chi connectivity index (χ4n) is 1.34. The molecule has 80 valence electrons. The average molecular weight is 226 g/mol. The molecule has 0 rings (SSSR count). The van der Waals surface area contributed by atoms with Crippen LogP contribution in [0.4, 0.5) is 0 Å². The lowest BCUT2D eigenvalue weighted by atomic mass is 10.2. The van der Waals surface area contributed by atoms with E-state index < -0.39 is 12.1 Å². The first kappa shape index (κ1) is 13.5. The second-order valence-electron chi connectivity index (χ2n) is 3.36. The first-order valence-electron chi connectivity index (χ1n) is 4.52. The fraction of sp³-hybridized carbons (Fsp3) is 1.00. The van der Waals surface area contributed by atoms with Gasteiger partial charge < -0.3 is 9.79 Å². The lowest BCUT2D eigenvalue weighted by Crippen LogP contribution is -2.24. The van der Waals surface area contributed by atoms with Crippen molar-refractivity contribution in [2.24, 2.45) is 0 Å². The molecule has 0 unspecified atom stereocenters. The van der Waals surface area contributed by atoms with Crippen molar-refractivity contribution in [3.05, 3.63) is 0 Å². The van der Waals surface area contributed by atoms with E-state index in [1.165, 1.54) is 11.8 Å². The van der Waals surface area contributed by atoms with Crippen molar-refractivity contribution in [3.8, 4) is 0 Å². The molecule has 0 aromatic carbocycles. The zero-order valence-electron chi connectivity index (χ0n) is 8.65. The topological polar surface area (TPSA) is 57.5 Å². The first-order valence-corrected chi connectivity index (χ1v) is 7.01. The molecule has 0 radical (unpaired) electrons. The van der Waals surface area contributed by atoms with E-state index in [1.807, 2.05) is 27.7 Å². The van der Waals surface area contributed by atoms with Gasteiger partial charge in [-0.25, -0.2) is 0 Å². The SMILES string of the molecule is CCC(CC)(SC(C)C)P(=O)(O)O. The van der Waals surface area contributed by atoms with E-state index in [9.17, 15) is 14.4 Å². The molecule has 0 aliphatic carbocycles. The lowest BCUT2D eigenvalue weighted by Gasteiger charge is -2.33. The van der Waals surface area contributed by atoms with Crippen LogP contribution in [-0.4, -0.2) is 19.5 Å². The van der Waals surface area contributed by atoms with Gasteiger partial charge in [0.1, 0.15) is 4.49 Å². The molecule has 0 atom stereocenters. The van der Waals surface area contributed by atoms with Gasteiger partial charge in [0, 0.05) is 5.25 Å². The smallest absolute Gasteiger partial charge is 0.323 e. The number of rotatable bonds is 5. The van der Waals surface area contributed by atoms with Gasteiger partial charge in [-0.3, -0.25) is 4.57 Å². The van der Waals surface area contributed by atoms with Gasteiger partial charge in [-0.1, -0.05) is 27.7 Å². The molecule has 0 saturated heterocycles. The molecule has 3 nitrogen and oxygen atoms in total. The summed E-state index contributed by atoms with van der Waals surface area (Å²) in [5.74, 6) is 0. The van der Waals surface area contributed by atoms with Crippen LogP contribution in [0.3, 0.4) is 0 Å². The van der Waals surface area contributed by atoms with E-state index in [2.05, 4.69) is 0 Å². The number of hydrogen-bond acceptors (Lipinski definition) is 2. The van der Waals surface area contributed by atoms with E-state index in [4.69, 9.17) is 0 Å². The Hall–Kier alpha value is 0.500. The molecular weight excluding hydrogens is 207 g/mol. The second kappa shape index (κ2) is 4.83. The molecule has 0 heterocycles. The fourth-order valence-corrected chi connectivity index (χ4v) is 4.55. The van der Waals surface area contributed by atoms with Crippen molar-refractivity contribution in [2.45, 2.75) is 50.3 Å². The number of thioether (sulfide) groups is 1. The molecule has 0 fully saturated rings. The third-order valence-electron chi connectivity index (χ3n) is 2.09. The van der Waals surface area contributed by atoms with Crippen LogP contribution in [0.15, 0.2) is 0 Å². The zero-order valence-corrected chi connectivity index (χ0v) is 10.4. The van der Waals surface area contributed by atoms with Crippen LogP contribution >= 0.6 is 19.4 Å². The molecule has 0 aliphatic rings. The molecule has 0 spiro atoms. The van der Waals surface area contributed by atoms with Crippen LogP contribution in [0.5, 0.6) is 0 Å². The minimum atomic E-state index is -4.00. The monoisotopic (exact) mass is 226 g/mol. The van der Waals surface area contributed by atoms with Crippen molar-refractivity contribution >= 4 is 19.4 Å². The van der Waals surface area contributed by atoms with Gasteiger partial charge in [-0.2, -0.15) is 0 Å². The maximum Gasteiger partial charge on any atom is 0.341 e. The molecule has 2 N–H and O–H groups in total. The van der Waals surface area contributed by atoms with E-state index in [1.54, 1.807) is 0 Å². The van der Waals surface area contributed by atoms with Crippen LogP contribution in [0.2, 0.25) is 0 Å². The molecule has 5 heteroatoms. The Morgan fingerprint density at radius 3 is 1.77 bits per heavy atom. The third-order valence-corrected chi connectivity index (χ3v) is 6.30. The van der Waals surface area contributed by atoms with Gasteiger partial charge in [0.2, 0.25) is 0 Å². The first-order chi connectivity index (χ1) is 5.79. The van der Waals surface area contributed by atoms with E-state index in [0.717, 1.165) is 0 Å².